The number of nitrogens with zero attached hydrogens (tertiary/aromatic N) is 1. The Hall–Kier alpha value is -0.390. The fourth-order valence-electron chi connectivity index (χ4n) is 0.685. The molecule has 11 heavy (non-hydrogen) atoms. The third-order valence-electron chi connectivity index (χ3n) is 1.15. The molecule has 62 valence electrons. The van der Waals surface area contributed by atoms with Crippen molar-refractivity contribution >= 4 is 15.9 Å². The zero-order valence-corrected chi connectivity index (χ0v) is 7.60. The first-order valence-corrected chi connectivity index (χ1v) is 4.14. The van der Waals surface area contributed by atoms with E-state index in [1.54, 1.807) is 0 Å². The molecule has 1 aromatic heterocycles. The maximum Gasteiger partial charge on any atom is 0.151 e. The van der Waals surface area contributed by atoms with Gasteiger partial charge in [0.1, 0.15) is 4.60 Å². The van der Waals surface area contributed by atoms with Crippen LogP contribution in [0, 0.1) is 0 Å². The average molecular weight is 220 g/mol. The minimum absolute atomic E-state index is 0.634. The van der Waals surface area contributed by atoms with Crippen LogP contribution in [0.4, 0.5) is 0 Å². The molecule has 0 aromatic carbocycles. The van der Waals surface area contributed by atoms with Gasteiger partial charge in [-0.05, 0) is 15.9 Å². The van der Waals surface area contributed by atoms with Crippen LogP contribution in [0.15, 0.2) is 15.2 Å². The molecule has 0 atom stereocenters. The Bertz CT molecular complexity index is 213. The highest BCUT2D eigenvalue weighted by molar-refractivity contribution is 9.10. The molecular formula is C6H10BrN3O. The maximum atomic E-state index is 5.28. The molecule has 0 bridgehead atoms. The number of hydrogen-bond acceptors (Lipinski definition) is 4. The fraction of sp³-hybridized carbons (Fsp3) is 0.500. The Morgan fingerprint density at radius 3 is 3.09 bits per heavy atom. The monoisotopic (exact) mass is 219 g/mol. The van der Waals surface area contributed by atoms with Gasteiger partial charge in [0.05, 0.1) is 6.54 Å². The second kappa shape index (κ2) is 4.48. The standard InChI is InChI=1S/C6H10BrN3O/c7-6-3-5(11-10-6)4-9-2-1-8/h3,9H,1-2,4,8H2. The Labute approximate surface area is 73.2 Å². The number of aromatic nitrogens is 1. The van der Waals surface area contributed by atoms with Crippen molar-refractivity contribution in [3.8, 4) is 0 Å². The molecule has 0 fully saturated rings. The lowest BCUT2D eigenvalue weighted by Crippen LogP contribution is -2.21. The summed E-state index contributed by atoms with van der Waals surface area (Å²) in [6.45, 7) is 2.10. The van der Waals surface area contributed by atoms with E-state index in [2.05, 4.69) is 26.4 Å². The van der Waals surface area contributed by atoms with Crippen molar-refractivity contribution in [2.45, 2.75) is 6.54 Å². The molecule has 0 saturated carbocycles. The van der Waals surface area contributed by atoms with Crippen molar-refractivity contribution in [1.82, 2.24) is 10.5 Å². The van der Waals surface area contributed by atoms with Gasteiger partial charge in [-0.25, -0.2) is 0 Å². The fourth-order valence-corrected chi connectivity index (χ4v) is 1.01. The second-order valence-electron chi connectivity index (χ2n) is 2.08. The number of nitrogens with one attached hydrogen (secondary N) is 1. The summed E-state index contributed by atoms with van der Waals surface area (Å²) in [5.41, 5.74) is 5.28. The quantitative estimate of drug-likeness (QED) is 0.724. The lowest BCUT2D eigenvalue weighted by Gasteiger charge is -1.96. The molecule has 3 N–H and O–H groups in total. The third-order valence-corrected chi connectivity index (χ3v) is 1.52. The van der Waals surface area contributed by atoms with Crippen molar-refractivity contribution in [1.29, 1.82) is 0 Å². The van der Waals surface area contributed by atoms with Gasteiger partial charge in [-0.3, -0.25) is 0 Å². The largest absolute Gasteiger partial charge is 0.359 e. The zero-order chi connectivity index (χ0) is 8.10. The third kappa shape index (κ3) is 3.00. The van der Waals surface area contributed by atoms with Crippen molar-refractivity contribution in [3.63, 3.8) is 0 Å². The van der Waals surface area contributed by atoms with E-state index in [1.807, 2.05) is 6.07 Å². The molecule has 1 heterocycles. The van der Waals surface area contributed by atoms with Crippen LogP contribution in [0.1, 0.15) is 5.76 Å². The van der Waals surface area contributed by atoms with Crippen LogP contribution in [0.3, 0.4) is 0 Å². The highest BCUT2D eigenvalue weighted by Crippen LogP contribution is 2.08. The van der Waals surface area contributed by atoms with Crippen LogP contribution in [0.25, 0.3) is 0 Å². The molecule has 0 aliphatic rings. The molecule has 0 amide bonds. The Balaban J connectivity index is 2.27. The SMILES string of the molecule is NCCNCc1cc(Br)no1. The molecule has 5 heteroatoms. The van der Waals surface area contributed by atoms with Gasteiger partial charge >= 0.3 is 0 Å². The van der Waals surface area contributed by atoms with Crippen LogP contribution in [0.2, 0.25) is 0 Å². The Morgan fingerprint density at radius 1 is 1.73 bits per heavy atom. The molecule has 1 rings (SSSR count). The second-order valence-corrected chi connectivity index (χ2v) is 2.89. The number of halogens is 1. The van der Waals surface area contributed by atoms with Crippen LogP contribution < -0.4 is 11.1 Å². The predicted molar refractivity (Wildman–Crippen MR) is 45.0 cm³/mol. The van der Waals surface area contributed by atoms with E-state index in [1.165, 1.54) is 0 Å². The number of hydrogen-bond donors (Lipinski definition) is 2. The number of nitrogens with two attached hydrogens (primary N) is 1. The summed E-state index contributed by atoms with van der Waals surface area (Å²) in [6, 6.07) is 1.82. The molecule has 0 unspecified atom stereocenters. The first-order valence-electron chi connectivity index (χ1n) is 3.35. The zero-order valence-electron chi connectivity index (χ0n) is 6.01. The topological polar surface area (TPSA) is 64.1 Å². The maximum absolute atomic E-state index is 5.28. The summed E-state index contributed by atoms with van der Waals surface area (Å²) in [5, 5.41) is 6.75. The van der Waals surface area contributed by atoms with E-state index in [0.29, 0.717) is 13.1 Å². The predicted octanol–water partition coefficient (Wildman–Crippen LogP) is 0.485. The molecule has 0 spiro atoms. The normalized spacial score (nSPS) is 10.4. The molecule has 0 aliphatic heterocycles. The Morgan fingerprint density at radius 2 is 2.55 bits per heavy atom. The Kier molecular flexibility index (Phi) is 3.55. The van der Waals surface area contributed by atoms with Crippen LogP contribution in [0.5, 0.6) is 0 Å². The van der Waals surface area contributed by atoms with Crippen molar-refractivity contribution in [2.75, 3.05) is 13.1 Å². The van der Waals surface area contributed by atoms with Gasteiger partial charge in [0.15, 0.2) is 5.76 Å². The van der Waals surface area contributed by atoms with Crippen molar-refractivity contribution in [2.24, 2.45) is 5.73 Å². The summed E-state index contributed by atoms with van der Waals surface area (Å²) < 4.78 is 5.63. The first kappa shape index (κ1) is 8.70. The van der Waals surface area contributed by atoms with E-state index >= 15 is 0 Å². The minimum atomic E-state index is 0.634. The summed E-state index contributed by atoms with van der Waals surface area (Å²) in [4.78, 5) is 0. The summed E-state index contributed by atoms with van der Waals surface area (Å²) in [6.07, 6.45) is 0. The van der Waals surface area contributed by atoms with E-state index < -0.39 is 0 Å². The van der Waals surface area contributed by atoms with Crippen molar-refractivity contribution in [3.05, 3.63) is 16.4 Å². The average Bonchev–Trinajstić information content (AvgIpc) is 2.37. The lowest BCUT2D eigenvalue weighted by molar-refractivity contribution is 0.371. The van der Waals surface area contributed by atoms with Crippen LogP contribution >= 0.6 is 15.9 Å². The van der Waals surface area contributed by atoms with Crippen molar-refractivity contribution < 1.29 is 4.52 Å². The van der Waals surface area contributed by atoms with Gasteiger partial charge < -0.3 is 15.6 Å². The van der Waals surface area contributed by atoms with Gasteiger partial charge in [-0.1, -0.05) is 5.16 Å². The molecule has 1 aromatic rings. The minimum Gasteiger partial charge on any atom is -0.359 e. The lowest BCUT2D eigenvalue weighted by atomic mass is 10.4. The van der Waals surface area contributed by atoms with E-state index in [9.17, 15) is 0 Å². The summed E-state index contributed by atoms with van der Waals surface area (Å²) >= 11 is 3.18. The molecule has 0 radical (unpaired) electrons. The molecular weight excluding hydrogens is 210 g/mol. The van der Waals surface area contributed by atoms with E-state index in [-0.39, 0.29) is 0 Å². The molecule has 4 nitrogen and oxygen atoms in total. The summed E-state index contributed by atoms with van der Waals surface area (Å²) in [5.74, 6) is 0.810. The smallest absolute Gasteiger partial charge is 0.151 e. The van der Waals surface area contributed by atoms with Gasteiger partial charge in [-0.2, -0.15) is 0 Å². The van der Waals surface area contributed by atoms with E-state index in [0.717, 1.165) is 16.9 Å². The number of rotatable bonds is 4. The molecule has 0 saturated heterocycles. The van der Waals surface area contributed by atoms with Gasteiger partial charge in [0, 0.05) is 19.2 Å². The summed E-state index contributed by atoms with van der Waals surface area (Å²) in [7, 11) is 0. The van der Waals surface area contributed by atoms with Crippen LogP contribution in [-0.2, 0) is 6.54 Å². The first-order chi connectivity index (χ1) is 5.33. The van der Waals surface area contributed by atoms with Crippen LogP contribution in [-0.4, -0.2) is 18.2 Å². The van der Waals surface area contributed by atoms with Gasteiger partial charge in [0.2, 0.25) is 0 Å². The highest BCUT2D eigenvalue weighted by Gasteiger charge is 1.98. The van der Waals surface area contributed by atoms with Gasteiger partial charge in [-0.15, -0.1) is 0 Å². The molecule has 0 aliphatic carbocycles. The van der Waals surface area contributed by atoms with E-state index in [4.69, 9.17) is 10.3 Å². The van der Waals surface area contributed by atoms with Gasteiger partial charge in [0.25, 0.3) is 0 Å². The highest BCUT2D eigenvalue weighted by atomic mass is 79.9.